The van der Waals surface area contributed by atoms with Crippen molar-refractivity contribution in [1.82, 2.24) is 15.5 Å². The van der Waals surface area contributed by atoms with Gasteiger partial charge in [-0.25, -0.2) is 0 Å². The Morgan fingerprint density at radius 1 is 0.667 bits per heavy atom. The van der Waals surface area contributed by atoms with Crippen molar-refractivity contribution in [3.8, 4) is 0 Å². The van der Waals surface area contributed by atoms with Crippen LogP contribution in [0.15, 0.2) is 0 Å². The molecule has 196 valence electrons. The number of unbranched alkanes of at least 4 members (excludes halogenated alkanes) is 10. The van der Waals surface area contributed by atoms with E-state index in [9.17, 15) is 14.7 Å². The van der Waals surface area contributed by atoms with Crippen molar-refractivity contribution in [1.29, 1.82) is 0 Å². The third-order valence-electron chi connectivity index (χ3n) is 5.98. The molecule has 6 heteroatoms. The van der Waals surface area contributed by atoms with Crippen LogP contribution >= 0.6 is 0 Å². The van der Waals surface area contributed by atoms with Crippen LogP contribution < -0.4 is 10.6 Å². The minimum absolute atomic E-state index is 0.153. The lowest BCUT2D eigenvalue weighted by atomic mass is 10.1. The Morgan fingerprint density at radius 2 is 1.06 bits per heavy atom. The molecule has 1 unspecified atom stereocenters. The van der Waals surface area contributed by atoms with Gasteiger partial charge in [0.25, 0.3) is 0 Å². The second-order valence-corrected chi connectivity index (χ2v) is 9.59. The summed E-state index contributed by atoms with van der Waals surface area (Å²) in [5, 5.41) is 15.8. The fourth-order valence-corrected chi connectivity index (χ4v) is 4.04. The summed E-state index contributed by atoms with van der Waals surface area (Å²) in [6.45, 7) is 9.90. The van der Waals surface area contributed by atoms with E-state index in [2.05, 4.69) is 29.4 Å². The molecule has 33 heavy (non-hydrogen) atoms. The lowest BCUT2D eigenvalue weighted by Crippen LogP contribution is -2.36. The largest absolute Gasteiger partial charge is 0.392 e. The first-order valence-corrected chi connectivity index (χ1v) is 13.9. The Hall–Kier alpha value is -1.14. The van der Waals surface area contributed by atoms with Crippen molar-refractivity contribution in [3.63, 3.8) is 0 Å². The van der Waals surface area contributed by atoms with Crippen LogP contribution in [0.25, 0.3) is 0 Å². The van der Waals surface area contributed by atoms with Crippen LogP contribution in [0.5, 0.6) is 0 Å². The topological polar surface area (TPSA) is 81.7 Å². The molecular weight excluding hydrogens is 414 g/mol. The van der Waals surface area contributed by atoms with E-state index in [1.807, 2.05) is 0 Å². The third kappa shape index (κ3) is 23.8. The molecule has 0 aromatic carbocycles. The van der Waals surface area contributed by atoms with Crippen LogP contribution in [-0.2, 0) is 9.59 Å². The van der Waals surface area contributed by atoms with E-state index in [1.54, 1.807) is 6.92 Å². The van der Waals surface area contributed by atoms with Crippen molar-refractivity contribution in [3.05, 3.63) is 0 Å². The van der Waals surface area contributed by atoms with Crippen molar-refractivity contribution in [2.75, 3.05) is 32.7 Å². The normalized spacial score (nSPS) is 12.2. The molecule has 6 nitrogen and oxygen atoms in total. The standard InChI is InChI=1S/C27H55N3O3/c1-4-6-8-10-12-14-18-26(32)28-20-16-22-30(24-25(3)31)23-17-21-29-27(33)19-15-13-11-9-7-5-2/h25,31H,4-24H2,1-3H3,(H,28,32)(H,29,33). The van der Waals surface area contributed by atoms with Crippen LogP contribution in [0.3, 0.4) is 0 Å². The van der Waals surface area contributed by atoms with Gasteiger partial charge in [-0.3, -0.25) is 9.59 Å². The summed E-state index contributed by atoms with van der Waals surface area (Å²) in [5.74, 6) is 0.307. The predicted octanol–water partition coefficient (Wildman–Crippen LogP) is 5.18. The zero-order valence-electron chi connectivity index (χ0n) is 22.1. The zero-order chi connectivity index (χ0) is 24.6. The van der Waals surface area contributed by atoms with E-state index in [4.69, 9.17) is 0 Å². The fourth-order valence-electron chi connectivity index (χ4n) is 4.04. The van der Waals surface area contributed by atoms with Gasteiger partial charge in [-0.2, -0.15) is 0 Å². The summed E-state index contributed by atoms with van der Waals surface area (Å²) >= 11 is 0. The molecule has 0 aliphatic heterocycles. The SMILES string of the molecule is CCCCCCCCC(=O)NCCCN(CCCNC(=O)CCCCCCCC)CC(C)O. The quantitative estimate of drug-likeness (QED) is 0.170. The molecule has 1 atom stereocenters. The second kappa shape index (κ2) is 24.0. The summed E-state index contributed by atoms with van der Waals surface area (Å²) in [7, 11) is 0. The molecule has 0 saturated carbocycles. The van der Waals surface area contributed by atoms with Crippen LogP contribution in [-0.4, -0.2) is 60.6 Å². The van der Waals surface area contributed by atoms with Crippen LogP contribution in [0.2, 0.25) is 0 Å². The number of hydrogen-bond acceptors (Lipinski definition) is 4. The highest BCUT2D eigenvalue weighted by atomic mass is 16.3. The number of rotatable bonds is 24. The number of hydrogen-bond donors (Lipinski definition) is 3. The summed E-state index contributed by atoms with van der Waals surface area (Å²) in [5.41, 5.74) is 0. The first-order chi connectivity index (χ1) is 16.0. The molecule has 0 aromatic rings. The molecule has 0 aliphatic carbocycles. The van der Waals surface area contributed by atoms with E-state index < -0.39 is 0 Å². The molecule has 0 aliphatic rings. The van der Waals surface area contributed by atoms with E-state index >= 15 is 0 Å². The highest BCUT2D eigenvalue weighted by Crippen LogP contribution is 2.07. The number of nitrogens with one attached hydrogen (secondary N) is 2. The van der Waals surface area contributed by atoms with Crippen molar-refractivity contribution in [2.24, 2.45) is 0 Å². The first-order valence-electron chi connectivity index (χ1n) is 13.9. The smallest absolute Gasteiger partial charge is 0.219 e. The fraction of sp³-hybridized carbons (Fsp3) is 0.926. The number of amides is 2. The highest BCUT2D eigenvalue weighted by molar-refractivity contribution is 5.76. The first kappa shape index (κ1) is 31.9. The number of aliphatic hydroxyl groups is 1. The van der Waals surface area contributed by atoms with E-state index in [0.717, 1.165) is 51.6 Å². The summed E-state index contributed by atoms with van der Waals surface area (Å²) in [4.78, 5) is 26.2. The van der Waals surface area contributed by atoms with Gasteiger partial charge < -0.3 is 20.6 Å². The minimum Gasteiger partial charge on any atom is -0.392 e. The molecule has 2 amide bonds. The molecule has 0 spiro atoms. The van der Waals surface area contributed by atoms with Gasteiger partial charge in [0, 0.05) is 32.5 Å². The predicted molar refractivity (Wildman–Crippen MR) is 139 cm³/mol. The van der Waals surface area contributed by atoms with Gasteiger partial charge in [-0.05, 0) is 45.7 Å². The molecule has 3 N–H and O–H groups in total. The molecule has 0 radical (unpaired) electrons. The van der Waals surface area contributed by atoms with Gasteiger partial charge >= 0.3 is 0 Å². The summed E-state index contributed by atoms with van der Waals surface area (Å²) < 4.78 is 0. The van der Waals surface area contributed by atoms with Gasteiger partial charge in [0.1, 0.15) is 0 Å². The van der Waals surface area contributed by atoms with E-state index in [0.29, 0.717) is 32.5 Å². The average Bonchev–Trinajstić information content (AvgIpc) is 2.78. The Labute approximate surface area is 204 Å². The maximum Gasteiger partial charge on any atom is 0.219 e. The maximum absolute atomic E-state index is 12.0. The molecule has 0 bridgehead atoms. The lowest BCUT2D eigenvalue weighted by molar-refractivity contribution is -0.122. The molecule has 0 aromatic heterocycles. The minimum atomic E-state index is -0.380. The van der Waals surface area contributed by atoms with Crippen molar-refractivity contribution >= 4 is 11.8 Å². The number of aliphatic hydroxyl groups excluding tert-OH is 1. The molecule has 0 heterocycles. The molecule has 0 fully saturated rings. The van der Waals surface area contributed by atoms with Crippen molar-refractivity contribution in [2.45, 2.75) is 130 Å². The molecule has 0 rings (SSSR count). The number of carbonyl (C=O) groups is 2. The van der Waals surface area contributed by atoms with Crippen LogP contribution in [0.4, 0.5) is 0 Å². The number of nitrogens with zero attached hydrogens (tertiary/aromatic N) is 1. The molecule has 0 saturated heterocycles. The van der Waals surface area contributed by atoms with Crippen molar-refractivity contribution < 1.29 is 14.7 Å². The third-order valence-corrected chi connectivity index (χ3v) is 5.98. The van der Waals surface area contributed by atoms with Gasteiger partial charge in [-0.1, -0.05) is 78.1 Å². The Kier molecular flexibility index (Phi) is 23.2. The number of carbonyl (C=O) groups excluding carboxylic acids is 2. The van der Waals surface area contributed by atoms with E-state index in [-0.39, 0.29) is 17.9 Å². The Balaban J connectivity index is 3.81. The van der Waals surface area contributed by atoms with Crippen LogP contribution in [0.1, 0.15) is 124 Å². The van der Waals surface area contributed by atoms with Gasteiger partial charge in [0.05, 0.1) is 6.10 Å². The Morgan fingerprint density at radius 3 is 1.45 bits per heavy atom. The average molecular weight is 470 g/mol. The Bertz CT molecular complexity index is 422. The van der Waals surface area contributed by atoms with Gasteiger partial charge in [-0.15, -0.1) is 0 Å². The monoisotopic (exact) mass is 469 g/mol. The van der Waals surface area contributed by atoms with Gasteiger partial charge in [0.15, 0.2) is 0 Å². The highest BCUT2D eigenvalue weighted by Gasteiger charge is 2.09. The zero-order valence-corrected chi connectivity index (χ0v) is 22.1. The molecular formula is C27H55N3O3. The van der Waals surface area contributed by atoms with Gasteiger partial charge in [0.2, 0.25) is 11.8 Å². The summed E-state index contributed by atoms with van der Waals surface area (Å²) in [6.07, 6.45) is 17.0. The lowest BCUT2D eigenvalue weighted by Gasteiger charge is -2.23. The maximum atomic E-state index is 12.0. The second-order valence-electron chi connectivity index (χ2n) is 9.59. The van der Waals surface area contributed by atoms with E-state index in [1.165, 1.54) is 51.4 Å². The summed E-state index contributed by atoms with van der Waals surface area (Å²) in [6, 6.07) is 0. The van der Waals surface area contributed by atoms with Crippen LogP contribution in [0, 0.1) is 0 Å².